The summed E-state index contributed by atoms with van der Waals surface area (Å²) in [5.74, 6) is -2.06. The molecule has 2 aromatic rings. The highest BCUT2D eigenvalue weighted by atomic mass is 16.5. The first-order valence-corrected chi connectivity index (χ1v) is 8.14. The van der Waals surface area contributed by atoms with Gasteiger partial charge in [0.2, 0.25) is 5.91 Å². The largest absolute Gasteiger partial charge is 0.497 e. The van der Waals surface area contributed by atoms with E-state index in [9.17, 15) is 14.7 Å². The van der Waals surface area contributed by atoms with E-state index < -0.39 is 17.8 Å². The molecule has 0 aromatic heterocycles. The quantitative estimate of drug-likeness (QED) is 0.808. The second-order valence-electron chi connectivity index (χ2n) is 6.14. The number of carbonyl (C=O) groups excluding carboxylic acids is 1. The maximum atomic E-state index is 12.7. The van der Waals surface area contributed by atoms with Crippen molar-refractivity contribution in [1.82, 2.24) is 0 Å². The summed E-state index contributed by atoms with van der Waals surface area (Å²) in [6.45, 7) is 3.55. The van der Waals surface area contributed by atoms with Crippen LogP contribution < -0.4 is 10.1 Å². The lowest BCUT2D eigenvalue weighted by atomic mass is 9.87. The van der Waals surface area contributed by atoms with Crippen LogP contribution in [0.1, 0.15) is 18.1 Å². The maximum Gasteiger partial charge on any atom is 0.307 e. The first kappa shape index (κ1) is 18.5. The van der Waals surface area contributed by atoms with Gasteiger partial charge in [-0.2, -0.15) is 0 Å². The van der Waals surface area contributed by atoms with Crippen molar-refractivity contribution >= 4 is 17.6 Å². The second-order valence-corrected chi connectivity index (χ2v) is 6.14. The number of carboxylic acids is 1. The van der Waals surface area contributed by atoms with E-state index >= 15 is 0 Å². The fourth-order valence-corrected chi connectivity index (χ4v) is 2.56. The van der Waals surface area contributed by atoms with Gasteiger partial charge in [0, 0.05) is 5.69 Å². The van der Waals surface area contributed by atoms with Gasteiger partial charge in [-0.1, -0.05) is 36.8 Å². The molecule has 0 aliphatic rings. The smallest absolute Gasteiger partial charge is 0.307 e. The fraction of sp³-hybridized carbons (Fsp3) is 0.300. The first-order chi connectivity index (χ1) is 11.9. The van der Waals surface area contributed by atoms with Crippen molar-refractivity contribution in [3.05, 3.63) is 59.7 Å². The average Bonchev–Trinajstić information content (AvgIpc) is 2.61. The molecule has 2 N–H and O–H groups in total. The van der Waals surface area contributed by atoms with Crippen molar-refractivity contribution < 1.29 is 19.4 Å². The van der Waals surface area contributed by atoms with Crippen LogP contribution in [0.3, 0.4) is 0 Å². The van der Waals surface area contributed by atoms with E-state index in [0.29, 0.717) is 17.9 Å². The molecule has 0 aliphatic heterocycles. The zero-order valence-electron chi connectivity index (χ0n) is 14.7. The SMILES string of the molecule is COc1ccc(NC(=O)[C@H](Cc2ccc(C)cc2)[C@@H](C)C(=O)O)cc1. The number of benzene rings is 2. The van der Waals surface area contributed by atoms with E-state index in [1.807, 2.05) is 31.2 Å². The third kappa shape index (κ3) is 5.08. The Bertz CT molecular complexity index is 722. The van der Waals surface area contributed by atoms with Gasteiger partial charge in [0.1, 0.15) is 5.75 Å². The van der Waals surface area contributed by atoms with Gasteiger partial charge in [-0.3, -0.25) is 9.59 Å². The van der Waals surface area contributed by atoms with Crippen LogP contribution in [0.4, 0.5) is 5.69 Å². The molecule has 0 fully saturated rings. The molecule has 0 saturated heterocycles. The lowest BCUT2D eigenvalue weighted by molar-refractivity contribution is -0.145. The van der Waals surface area contributed by atoms with Crippen LogP contribution in [0, 0.1) is 18.8 Å². The molecular formula is C20H23NO4. The van der Waals surface area contributed by atoms with Crippen molar-refractivity contribution in [3.63, 3.8) is 0 Å². The summed E-state index contributed by atoms with van der Waals surface area (Å²) in [5, 5.41) is 12.2. The Labute approximate surface area is 147 Å². The van der Waals surface area contributed by atoms with Crippen LogP contribution in [0.15, 0.2) is 48.5 Å². The van der Waals surface area contributed by atoms with E-state index in [0.717, 1.165) is 11.1 Å². The molecular weight excluding hydrogens is 318 g/mol. The normalized spacial score (nSPS) is 12.9. The predicted molar refractivity (Wildman–Crippen MR) is 96.8 cm³/mol. The molecule has 0 aliphatic carbocycles. The predicted octanol–water partition coefficient (Wildman–Crippen LogP) is 3.52. The molecule has 0 saturated carbocycles. The number of ether oxygens (including phenoxy) is 1. The number of carboxylic acid groups (broad SMARTS) is 1. The Hall–Kier alpha value is -2.82. The summed E-state index contributed by atoms with van der Waals surface area (Å²) in [6.07, 6.45) is 0.371. The Morgan fingerprint density at radius 2 is 1.68 bits per heavy atom. The van der Waals surface area contributed by atoms with Crippen molar-refractivity contribution in [2.24, 2.45) is 11.8 Å². The van der Waals surface area contributed by atoms with Crippen LogP contribution in [0.2, 0.25) is 0 Å². The van der Waals surface area contributed by atoms with Crippen molar-refractivity contribution in [2.75, 3.05) is 12.4 Å². The monoisotopic (exact) mass is 341 g/mol. The molecule has 2 aromatic carbocycles. The van der Waals surface area contributed by atoms with E-state index in [-0.39, 0.29) is 5.91 Å². The van der Waals surface area contributed by atoms with E-state index in [4.69, 9.17) is 4.74 Å². The number of aryl methyl sites for hydroxylation is 1. The molecule has 2 atom stereocenters. The summed E-state index contributed by atoms with van der Waals surface area (Å²) < 4.78 is 5.09. The number of carbonyl (C=O) groups is 2. The summed E-state index contributed by atoms with van der Waals surface area (Å²) in [4.78, 5) is 24.1. The number of aliphatic carboxylic acids is 1. The van der Waals surface area contributed by atoms with E-state index in [1.54, 1.807) is 38.3 Å². The van der Waals surface area contributed by atoms with E-state index in [1.165, 1.54) is 0 Å². The molecule has 2 rings (SSSR count). The summed E-state index contributed by atoms with van der Waals surface area (Å²) in [6, 6.07) is 14.7. The van der Waals surface area contributed by atoms with Crippen LogP contribution in [0.5, 0.6) is 5.75 Å². The third-order valence-electron chi connectivity index (χ3n) is 4.26. The minimum Gasteiger partial charge on any atom is -0.497 e. The van der Waals surface area contributed by atoms with Crippen LogP contribution in [-0.4, -0.2) is 24.1 Å². The standard InChI is InChI=1S/C20H23NO4/c1-13-4-6-15(7-5-13)12-18(14(2)20(23)24)19(22)21-16-8-10-17(25-3)11-9-16/h4-11,14,18H,12H2,1-3H3,(H,21,22)(H,23,24)/t14-,18-/m1/s1. The highest BCUT2D eigenvalue weighted by Crippen LogP contribution is 2.22. The number of methoxy groups -OCH3 is 1. The van der Waals surface area contributed by atoms with Crippen LogP contribution in [0.25, 0.3) is 0 Å². The number of amides is 1. The molecule has 5 heteroatoms. The van der Waals surface area contributed by atoms with Crippen LogP contribution in [-0.2, 0) is 16.0 Å². The average molecular weight is 341 g/mol. The summed E-state index contributed by atoms with van der Waals surface area (Å²) in [5.41, 5.74) is 2.67. The Balaban J connectivity index is 2.16. The third-order valence-corrected chi connectivity index (χ3v) is 4.26. The van der Waals surface area contributed by atoms with E-state index in [2.05, 4.69) is 5.32 Å². The number of hydrogen-bond acceptors (Lipinski definition) is 3. The van der Waals surface area contributed by atoms with Crippen LogP contribution >= 0.6 is 0 Å². The van der Waals surface area contributed by atoms with Gasteiger partial charge in [0.05, 0.1) is 18.9 Å². The van der Waals surface area contributed by atoms with Gasteiger partial charge >= 0.3 is 5.97 Å². The lowest BCUT2D eigenvalue weighted by Gasteiger charge is -2.21. The summed E-state index contributed by atoms with van der Waals surface area (Å²) in [7, 11) is 1.57. The maximum absolute atomic E-state index is 12.7. The molecule has 25 heavy (non-hydrogen) atoms. The lowest BCUT2D eigenvalue weighted by Crippen LogP contribution is -2.33. The number of rotatable bonds is 7. The minimum atomic E-state index is -0.984. The Morgan fingerprint density at radius 1 is 1.08 bits per heavy atom. The van der Waals surface area contributed by atoms with Gasteiger partial charge in [0.15, 0.2) is 0 Å². The highest BCUT2D eigenvalue weighted by molar-refractivity contribution is 5.95. The second kappa shape index (κ2) is 8.33. The molecule has 0 unspecified atom stereocenters. The van der Waals surface area contributed by atoms with Crippen molar-refractivity contribution in [3.8, 4) is 5.75 Å². The topological polar surface area (TPSA) is 75.6 Å². The highest BCUT2D eigenvalue weighted by Gasteiger charge is 2.30. The first-order valence-electron chi connectivity index (χ1n) is 8.14. The van der Waals surface area contributed by atoms with Gasteiger partial charge in [0.25, 0.3) is 0 Å². The van der Waals surface area contributed by atoms with Crippen molar-refractivity contribution in [1.29, 1.82) is 0 Å². The molecule has 0 spiro atoms. The molecule has 5 nitrogen and oxygen atoms in total. The molecule has 1 amide bonds. The van der Waals surface area contributed by atoms with Gasteiger partial charge in [-0.05, 0) is 43.2 Å². The molecule has 132 valence electrons. The molecule has 0 heterocycles. The van der Waals surface area contributed by atoms with Crippen molar-refractivity contribution in [2.45, 2.75) is 20.3 Å². The zero-order chi connectivity index (χ0) is 18.4. The minimum absolute atomic E-state index is 0.305. The molecule has 0 bridgehead atoms. The molecule has 0 radical (unpaired) electrons. The summed E-state index contributed by atoms with van der Waals surface area (Å²) >= 11 is 0. The van der Waals surface area contributed by atoms with Gasteiger partial charge in [-0.25, -0.2) is 0 Å². The Morgan fingerprint density at radius 3 is 2.20 bits per heavy atom. The Kier molecular flexibility index (Phi) is 6.17. The number of anilines is 1. The number of nitrogens with one attached hydrogen (secondary N) is 1. The number of hydrogen-bond donors (Lipinski definition) is 2. The van der Waals surface area contributed by atoms with Gasteiger partial charge < -0.3 is 15.2 Å². The zero-order valence-corrected chi connectivity index (χ0v) is 14.7. The van der Waals surface area contributed by atoms with Gasteiger partial charge in [-0.15, -0.1) is 0 Å². The fourth-order valence-electron chi connectivity index (χ4n) is 2.56.